The van der Waals surface area contributed by atoms with Crippen LogP contribution in [0.15, 0.2) is 72.8 Å². The molecule has 0 saturated heterocycles. The SMILES string of the molecule is CCc1ccc(-c2cc(C(=O)OCC(=O)c3ccc(Cl)cc3)c3cccc(C)c3n2)cc1. The standard InChI is InChI=1S/C27H22ClNO3/c1-3-18-7-9-19(10-8-18)24-15-23(22-6-4-5-17(2)26(22)29-24)27(31)32-16-25(30)20-11-13-21(28)14-12-20/h4-15H,3,16H2,1-2H3. The zero-order valence-electron chi connectivity index (χ0n) is 17.9. The van der Waals surface area contributed by atoms with E-state index in [1.165, 1.54) is 5.56 Å². The van der Waals surface area contributed by atoms with Gasteiger partial charge in [-0.05, 0) is 54.8 Å². The number of carbonyl (C=O) groups is 2. The third-order valence-corrected chi connectivity index (χ3v) is 5.67. The van der Waals surface area contributed by atoms with E-state index < -0.39 is 5.97 Å². The number of benzene rings is 3. The number of hydrogen-bond donors (Lipinski definition) is 0. The van der Waals surface area contributed by atoms with E-state index in [0.29, 0.717) is 27.2 Å². The van der Waals surface area contributed by atoms with E-state index in [1.807, 2.05) is 37.3 Å². The van der Waals surface area contributed by atoms with E-state index in [9.17, 15) is 9.59 Å². The van der Waals surface area contributed by atoms with Crippen molar-refractivity contribution in [1.82, 2.24) is 4.98 Å². The largest absolute Gasteiger partial charge is 0.454 e. The van der Waals surface area contributed by atoms with Gasteiger partial charge in [-0.25, -0.2) is 9.78 Å². The molecule has 0 fully saturated rings. The highest BCUT2D eigenvalue weighted by atomic mass is 35.5. The number of rotatable bonds is 6. The Morgan fingerprint density at radius 3 is 2.38 bits per heavy atom. The summed E-state index contributed by atoms with van der Waals surface area (Å²) in [5.41, 5.74) is 5.35. The summed E-state index contributed by atoms with van der Waals surface area (Å²) in [5, 5.41) is 1.24. The number of hydrogen-bond acceptors (Lipinski definition) is 4. The van der Waals surface area contributed by atoms with Gasteiger partial charge >= 0.3 is 5.97 Å². The highest BCUT2D eigenvalue weighted by Crippen LogP contribution is 2.27. The van der Waals surface area contributed by atoms with E-state index in [-0.39, 0.29) is 12.4 Å². The molecular formula is C27H22ClNO3. The molecule has 0 bridgehead atoms. The van der Waals surface area contributed by atoms with Gasteiger partial charge in [-0.3, -0.25) is 4.79 Å². The fourth-order valence-corrected chi connectivity index (χ4v) is 3.67. The maximum atomic E-state index is 13.0. The summed E-state index contributed by atoms with van der Waals surface area (Å²) in [6, 6.07) is 22.0. The third-order valence-electron chi connectivity index (χ3n) is 5.42. The minimum absolute atomic E-state index is 0.292. The third kappa shape index (κ3) is 4.56. The van der Waals surface area contributed by atoms with Crippen LogP contribution in [0.4, 0.5) is 0 Å². The Morgan fingerprint density at radius 2 is 1.69 bits per heavy atom. The fraction of sp³-hybridized carbons (Fsp3) is 0.148. The van der Waals surface area contributed by atoms with Gasteiger partial charge in [-0.2, -0.15) is 0 Å². The number of ether oxygens (including phenoxy) is 1. The topological polar surface area (TPSA) is 56.3 Å². The highest BCUT2D eigenvalue weighted by Gasteiger charge is 2.18. The van der Waals surface area contributed by atoms with Gasteiger partial charge in [0.25, 0.3) is 0 Å². The van der Waals surface area contributed by atoms with Crippen LogP contribution in [0, 0.1) is 6.92 Å². The Morgan fingerprint density at radius 1 is 0.969 bits per heavy atom. The van der Waals surface area contributed by atoms with Crippen molar-refractivity contribution in [3.8, 4) is 11.3 Å². The lowest BCUT2D eigenvalue weighted by Crippen LogP contribution is -2.15. The maximum Gasteiger partial charge on any atom is 0.339 e. The van der Waals surface area contributed by atoms with Gasteiger partial charge in [0.05, 0.1) is 16.8 Å². The first-order valence-corrected chi connectivity index (χ1v) is 10.8. The van der Waals surface area contributed by atoms with Crippen molar-refractivity contribution < 1.29 is 14.3 Å². The molecule has 0 aliphatic carbocycles. The van der Waals surface area contributed by atoms with Crippen molar-refractivity contribution in [3.05, 3.63) is 100 Å². The Labute approximate surface area is 191 Å². The molecule has 0 N–H and O–H groups in total. The van der Waals surface area contributed by atoms with Gasteiger partial charge in [0.1, 0.15) is 0 Å². The number of aromatic nitrogens is 1. The first-order valence-electron chi connectivity index (χ1n) is 10.4. The van der Waals surface area contributed by atoms with E-state index in [2.05, 4.69) is 19.1 Å². The molecule has 1 aromatic heterocycles. The number of nitrogens with zero attached hydrogens (tertiary/aromatic N) is 1. The van der Waals surface area contributed by atoms with Crippen LogP contribution >= 0.6 is 11.6 Å². The lowest BCUT2D eigenvalue weighted by atomic mass is 10.0. The second-order valence-electron chi connectivity index (χ2n) is 7.58. The molecule has 160 valence electrons. The van der Waals surface area contributed by atoms with Gasteiger partial charge in [0.2, 0.25) is 0 Å². The van der Waals surface area contributed by atoms with Crippen LogP contribution in [-0.2, 0) is 11.2 Å². The average Bonchev–Trinajstić information content (AvgIpc) is 2.82. The van der Waals surface area contributed by atoms with Gasteiger partial charge in [0.15, 0.2) is 12.4 Å². The number of para-hydroxylation sites is 1. The van der Waals surface area contributed by atoms with Crippen molar-refractivity contribution in [2.45, 2.75) is 20.3 Å². The Balaban J connectivity index is 1.67. The molecule has 3 aromatic carbocycles. The second kappa shape index (κ2) is 9.33. The lowest BCUT2D eigenvalue weighted by molar-refractivity contribution is 0.0476. The van der Waals surface area contributed by atoms with Crippen LogP contribution in [0.3, 0.4) is 0 Å². The Hall–Kier alpha value is -3.50. The highest BCUT2D eigenvalue weighted by molar-refractivity contribution is 6.30. The molecule has 0 radical (unpaired) electrons. The first kappa shape index (κ1) is 21.7. The number of aryl methyl sites for hydroxylation is 2. The summed E-state index contributed by atoms with van der Waals surface area (Å²) < 4.78 is 5.40. The second-order valence-corrected chi connectivity index (χ2v) is 8.02. The molecule has 0 unspecified atom stereocenters. The summed E-state index contributed by atoms with van der Waals surface area (Å²) in [5.74, 6) is -0.850. The molecule has 0 amide bonds. The summed E-state index contributed by atoms with van der Waals surface area (Å²) >= 11 is 5.87. The number of fused-ring (bicyclic) bond motifs is 1. The summed E-state index contributed by atoms with van der Waals surface area (Å²) in [4.78, 5) is 30.3. The molecule has 0 atom stereocenters. The van der Waals surface area contributed by atoms with Crippen molar-refractivity contribution in [1.29, 1.82) is 0 Å². The van der Waals surface area contributed by atoms with Crippen molar-refractivity contribution >= 4 is 34.3 Å². The first-order chi connectivity index (χ1) is 15.5. The summed E-state index contributed by atoms with van der Waals surface area (Å²) in [6.07, 6.45) is 0.948. The van der Waals surface area contributed by atoms with Gasteiger partial charge in [-0.15, -0.1) is 0 Å². The number of esters is 1. The van der Waals surface area contributed by atoms with Gasteiger partial charge in [0, 0.05) is 21.5 Å². The number of carbonyl (C=O) groups excluding carboxylic acids is 2. The van der Waals surface area contributed by atoms with E-state index >= 15 is 0 Å². The zero-order chi connectivity index (χ0) is 22.7. The zero-order valence-corrected chi connectivity index (χ0v) is 18.6. The van der Waals surface area contributed by atoms with Crippen molar-refractivity contribution in [2.75, 3.05) is 6.61 Å². The van der Waals surface area contributed by atoms with E-state index in [1.54, 1.807) is 30.3 Å². The molecule has 1 heterocycles. The van der Waals surface area contributed by atoms with Crippen LogP contribution in [0.2, 0.25) is 5.02 Å². The van der Waals surface area contributed by atoms with E-state index in [4.69, 9.17) is 21.3 Å². The molecule has 32 heavy (non-hydrogen) atoms. The fourth-order valence-electron chi connectivity index (χ4n) is 3.55. The molecule has 4 nitrogen and oxygen atoms in total. The molecule has 0 aliphatic rings. The number of ketones is 1. The van der Waals surface area contributed by atoms with Gasteiger partial charge < -0.3 is 4.74 Å². The molecule has 4 aromatic rings. The van der Waals surface area contributed by atoms with Crippen LogP contribution < -0.4 is 0 Å². The number of halogens is 1. The number of pyridine rings is 1. The van der Waals surface area contributed by atoms with Crippen molar-refractivity contribution in [2.24, 2.45) is 0 Å². The smallest absolute Gasteiger partial charge is 0.339 e. The van der Waals surface area contributed by atoms with Crippen LogP contribution in [-0.4, -0.2) is 23.3 Å². The Kier molecular flexibility index (Phi) is 6.33. The van der Waals surface area contributed by atoms with Crippen LogP contribution in [0.1, 0.15) is 38.8 Å². The summed E-state index contributed by atoms with van der Waals surface area (Å²) in [7, 11) is 0. The monoisotopic (exact) mass is 443 g/mol. The quantitative estimate of drug-likeness (QED) is 0.253. The molecule has 0 aliphatic heterocycles. The maximum absolute atomic E-state index is 13.0. The lowest BCUT2D eigenvalue weighted by Gasteiger charge is -2.12. The normalized spacial score (nSPS) is 10.8. The summed E-state index contributed by atoms with van der Waals surface area (Å²) in [6.45, 7) is 3.71. The molecule has 5 heteroatoms. The minimum Gasteiger partial charge on any atom is -0.454 e. The van der Waals surface area contributed by atoms with Crippen LogP contribution in [0.5, 0.6) is 0 Å². The van der Waals surface area contributed by atoms with Gasteiger partial charge in [-0.1, -0.05) is 61.0 Å². The molecular weight excluding hydrogens is 422 g/mol. The minimum atomic E-state index is -0.559. The number of Topliss-reactive ketones (excluding diaryl/α,β-unsaturated/α-hetero) is 1. The molecule has 0 spiro atoms. The predicted molar refractivity (Wildman–Crippen MR) is 127 cm³/mol. The predicted octanol–water partition coefficient (Wildman–Crippen LogP) is 6.47. The molecule has 0 saturated carbocycles. The van der Waals surface area contributed by atoms with Crippen molar-refractivity contribution in [3.63, 3.8) is 0 Å². The van der Waals surface area contributed by atoms with E-state index in [0.717, 1.165) is 23.1 Å². The average molecular weight is 444 g/mol. The Bertz CT molecular complexity index is 1300. The van der Waals surface area contributed by atoms with Crippen LogP contribution in [0.25, 0.3) is 22.2 Å². The molecule has 4 rings (SSSR count).